The number of hydrogen-bond donors (Lipinski definition) is 3. The van der Waals surface area contributed by atoms with Gasteiger partial charge in [0, 0.05) is 48.3 Å². The van der Waals surface area contributed by atoms with Crippen LogP contribution in [0.15, 0.2) is 30.5 Å². The number of fused-ring (bicyclic) bond motifs is 2. The van der Waals surface area contributed by atoms with Crippen molar-refractivity contribution in [2.75, 3.05) is 33.3 Å². The van der Waals surface area contributed by atoms with Crippen molar-refractivity contribution in [2.45, 2.75) is 45.7 Å². The van der Waals surface area contributed by atoms with Gasteiger partial charge < -0.3 is 20.7 Å². The summed E-state index contributed by atoms with van der Waals surface area (Å²) in [4.78, 5) is 20.6. The van der Waals surface area contributed by atoms with Gasteiger partial charge in [0.2, 0.25) is 5.91 Å². The lowest BCUT2D eigenvalue weighted by atomic mass is 9.79. The first kappa shape index (κ1) is 22.5. The van der Waals surface area contributed by atoms with Gasteiger partial charge in [0.05, 0.1) is 12.5 Å². The van der Waals surface area contributed by atoms with Crippen LogP contribution in [0.25, 0.3) is 16.5 Å². The van der Waals surface area contributed by atoms with Crippen LogP contribution in [0.2, 0.25) is 0 Å². The van der Waals surface area contributed by atoms with Crippen molar-refractivity contribution < 1.29 is 9.90 Å². The Morgan fingerprint density at radius 1 is 1.33 bits per heavy atom. The van der Waals surface area contributed by atoms with Crippen LogP contribution in [0.4, 0.5) is 0 Å². The molecule has 0 fully saturated rings. The molecule has 164 valence electrons. The maximum absolute atomic E-state index is 12.9. The molecule has 2 atom stereocenters. The topological polar surface area (TPSA) is 85.6 Å². The van der Waals surface area contributed by atoms with Gasteiger partial charge in [-0.15, -0.1) is 0 Å². The van der Waals surface area contributed by atoms with Gasteiger partial charge in [0.15, 0.2) is 0 Å². The lowest BCUT2D eigenvalue weighted by Gasteiger charge is -2.40. The van der Waals surface area contributed by atoms with E-state index in [0.717, 1.165) is 26.1 Å². The van der Waals surface area contributed by atoms with Crippen molar-refractivity contribution >= 4 is 22.4 Å². The third kappa shape index (κ3) is 4.46. The first-order chi connectivity index (χ1) is 14.2. The average Bonchev–Trinajstić information content (AvgIpc) is 3.14. The summed E-state index contributed by atoms with van der Waals surface area (Å²) in [5, 5.41) is 9.62. The molecule has 6 heteroatoms. The standard InChI is InChI=1S/C20H25N3O.C4H11NO/c1-4-23(5-2)20(24)14-9-16-15-7-6-8-17-19(15)13(11-21-17)10-18(16)22(3)12-14;1-4(2,5)3-6/h6-9,11,14,18,21H,4-5,10,12H2,1-3H3;6H,3,5H2,1-2H3/t14-,18-;/m1./s1. The van der Waals surface area contributed by atoms with Crippen molar-refractivity contribution in [1.29, 1.82) is 0 Å². The van der Waals surface area contributed by atoms with Crippen LogP contribution in [-0.4, -0.2) is 70.7 Å². The molecule has 1 aromatic heterocycles. The fourth-order valence-electron chi connectivity index (χ4n) is 4.38. The second kappa shape index (κ2) is 8.92. The Labute approximate surface area is 179 Å². The molecule has 4 rings (SSSR count). The molecule has 2 aliphatic rings. The van der Waals surface area contributed by atoms with E-state index in [4.69, 9.17) is 10.8 Å². The Kier molecular flexibility index (Phi) is 6.70. The monoisotopic (exact) mass is 412 g/mol. The Morgan fingerprint density at radius 3 is 2.60 bits per heavy atom. The number of carbonyl (C=O) groups is 1. The molecule has 0 saturated heterocycles. The minimum absolute atomic E-state index is 0.0445. The minimum atomic E-state index is -0.403. The van der Waals surface area contributed by atoms with E-state index in [0.29, 0.717) is 6.04 Å². The van der Waals surface area contributed by atoms with Gasteiger partial charge in [0.25, 0.3) is 0 Å². The number of aliphatic hydroxyl groups is 1. The number of nitrogens with two attached hydrogens (primary N) is 1. The molecular weight excluding hydrogens is 376 g/mol. The number of rotatable bonds is 4. The van der Waals surface area contributed by atoms with Gasteiger partial charge in [-0.25, -0.2) is 0 Å². The summed E-state index contributed by atoms with van der Waals surface area (Å²) in [7, 11) is 2.15. The van der Waals surface area contributed by atoms with E-state index in [1.54, 1.807) is 13.8 Å². The highest BCUT2D eigenvalue weighted by Gasteiger charge is 2.36. The molecule has 30 heavy (non-hydrogen) atoms. The van der Waals surface area contributed by atoms with E-state index in [1.165, 1.54) is 27.6 Å². The molecule has 1 amide bonds. The summed E-state index contributed by atoms with van der Waals surface area (Å²) >= 11 is 0. The molecule has 1 aliphatic carbocycles. The zero-order valence-corrected chi connectivity index (χ0v) is 18.9. The fourth-order valence-corrected chi connectivity index (χ4v) is 4.38. The van der Waals surface area contributed by atoms with Crippen molar-refractivity contribution in [3.63, 3.8) is 0 Å². The molecular formula is C24H36N4O2. The third-order valence-corrected chi connectivity index (χ3v) is 6.07. The number of hydrogen-bond acceptors (Lipinski definition) is 4. The van der Waals surface area contributed by atoms with E-state index < -0.39 is 5.54 Å². The molecule has 6 nitrogen and oxygen atoms in total. The molecule has 2 aromatic rings. The maximum atomic E-state index is 12.9. The smallest absolute Gasteiger partial charge is 0.230 e. The molecule has 0 bridgehead atoms. The van der Waals surface area contributed by atoms with Crippen LogP contribution in [0.1, 0.15) is 38.8 Å². The fraction of sp³-hybridized carbons (Fsp3) is 0.542. The number of aliphatic hydroxyl groups excluding tert-OH is 1. The van der Waals surface area contributed by atoms with E-state index in [-0.39, 0.29) is 18.4 Å². The van der Waals surface area contributed by atoms with Gasteiger partial charge in [-0.1, -0.05) is 18.2 Å². The predicted octanol–water partition coefficient (Wildman–Crippen LogP) is 2.62. The van der Waals surface area contributed by atoms with Gasteiger partial charge in [-0.05, 0) is 63.9 Å². The van der Waals surface area contributed by atoms with E-state index in [1.807, 2.05) is 4.90 Å². The number of nitrogens with zero attached hydrogens (tertiary/aromatic N) is 2. The highest BCUT2D eigenvalue weighted by atomic mass is 16.3. The van der Waals surface area contributed by atoms with Gasteiger partial charge >= 0.3 is 0 Å². The zero-order valence-electron chi connectivity index (χ0n) is 18.9. The average molecular weight is 413 g/mol. The number of benzene rings is 1. The second-order valence-corrected chi connectivity index (χ2v) is 9.09. The van der Waals surface area contributed by atoms with Crippen molar-refractivity contribution in [2.24, 2.45) is 11.7 Å². The van der Waals surface area contributed by atoms with Gasteiger partial charge in [0.1, 0.15) is 0 Å². The Hall–Kier alpha value is -2.15. The second-order valence-electron chi connectivity index (χ2n) is 9.09. The first-order valence-corrected chi connectivity index (χ1v) is 10.9. The summed E-state index contributed by atoms with van der Waals surface area (Å²) in [5.41, 5.74) is 10.1. The Balaban J connectivity index is 0.000000377. The van der Waals surface area contributed by atoms with Gasteiger partial charge in [-0.3, -0.25) is 9.69 Å². The molecule has 4 N–H and O–H groups in total. The maximum Gasteiger partial charge on any atom is 0.230 e. The number of likely N-dealkylation sites (N-methyl/N-ethyl adjacent to an activating group) is 1. The quantitative estimate of drug-likeness (QED) is 0.721. The number of carbonyl (C=O) groups excluding carboxylic acids is 1. The molecule has 2 heterocycles. The Morgan fingerprint density at radius 2 is 2.00 bits per heavy atom. The number of aromatic amines is 1. The van der Waals surface area contributed by atoms with Gasteiger partial charge in [-0.2, -0.15) is 0 Å². The van der Waals surface area contributed by atoms with E-state index in [9.17, 15) is 4.79 Å². The number of aromatic nitrogens is 1. The number of amides is 1. The van der Waals surface area contributed by atoms with Crippen molar-refractivity contribution in [3.05, 3.63) is 41.6 Å². The number of H-pyrrole nitrogens is 1. The molecule has 0 saturated carbocycles. The normalized spacial score (nSPS) is 20.8. The Bertz CT molecular complexity index is 921. The molecule has 0 spiro atoms. The van der Waals surface area contributed by atoms with Crippen LogP contribution in [0, 0.1) is 5.92 Å². The van der Waals surface area contributed by atoms with Crippen LogP contribution >= 0.6 is 0 Å². The van der Waals surface area contributed by atoms with Crippen LogP contribution in [-0.2, 0) is 11.2 Å². The third-order valence-electron chi connectivity index (χ3n) is 6.07. The molecule has 0 unspecified atom stereocenters. The number of nitrogens with one attached hydrogen (secondary N) is 1. The highest BCUT2D eigenvalue weighted by Crippen LogP contribution is 2.40. The van der Waals surface area contributed by atoms with Crippen LogP contribution < -0.4 is 5.73 Å². The van der Waals surface area contributed by atoms with Crippen molar-refractivity contribution in [1.82, 2.24) is 14.8 Å². The summed E-state index contributed by atoms with van der Waals surface area (Å²) in [5.74, 6) is 0.210. The van der Waals surface area contributed by atoms with Crippen LogP contribution in [0.5, 0.6) is 0 Å². The van der Waals surface area contributed by atoms with Crippen molar-refractivity contribution in [3.8, 4) is 0 Å². The lowest BCUT2D eigenvalue weighted by molar-refractivity contribution is -0.134. The summed E-state index contributed by atoms with van der Waals surface area (Å²) in [6, 6.07) is 6.82. The van der Waals surface area contributed by atoms with E-state index in [2.05, 4.69) is 61.3 Å². The largest absolute Gasteiger partial charge is 0.394 e. The SMILES string of the molecule is CC(C)(N)CO.CCN(CC)C(=O)[C@@H]1C=C2c3cccc4[nH]cc(c34)C[C@H]2N(C)C1. The van der Waals surface area contributed by atoms with E-state index >= 15 is 0 Å². The zero-order chi connectivity index (χ0) is 22.1. The predicted molar refractivity (Wildman–Crippen MR) is 123 cm³/mol. The highest BCUT2D eigenvalue weighted by molar-refractivity contribution is 5.99. The first-order valence-electron chi connectivity index (χ1n) is 10.9. The summed E-state index contributed by atoms with van der Waals surface area (Å²) in [6.07, 6.45) is 5.41. The molecule has 0 radical (unpaired) electrons. The van der Waals surface area contributed by atoms with Crippen LogP contribution in [0.3, 0.4) is 0 Å². The molecule has 1 aromatic carbocycles. The summed E-state index contributed by atoms with van der Waals surface area (Å²) < 4.78 is 0. The summed E-state index contributed by atoms with van der Waals surface area (Å²) in [6.45, 7) is 10.1. The molecule has 1 aliphatic heterocycles. The lowest BCUT2D eigenvalue weighted by Crippen LogP contribution is -2.47. The minimum Gasteiger partial charge on any atom is -0.394 e.